The number of anilines is 2. The molecule has 1 aromatic rings. The minimum Gasteiger partial charge on any atom is -0.395 e. The van der Waals surface area contributed by atoms with Crippen LogP contribution in [0.4, 0.5) is 11.4 Å². The molecule has 0 aliphatic carbocycles. The number of aliphatic hydroxyl groups is 1. The highest BCUT2D eigenvalue weighted by Gasteiger charge is 2.06. The van der Waals surface area contributed by atoms with Crippen LogP contribution in [0.2, 0.25) is 0 Å². The molecule has 0 heterocycles. The lowest BCUT2D eigenvalue weighted by molar-refractivity contribution is 0.302. The number of benzene rings is 1. The lowest BCUT2D eigenvalue weighted by atomic mass is 10.0. The molecule has 1 unspecified atom stereocenters. The maximum Gasteiger partial charge on any atom is 0.0606 e. The number of rotatable bonds is 9. The quantitative estimate of drug-likeness (QED) is 0.722. The van der Waals surface area contributed by atoms with Crippen LogP contribution in [0.15, 0.2) is 24.3 Å². The Morgan fingerprint density at radius 1 is 1.10 bits per heavy atom. The van der Waals surface area contributed by atoms with Crippen LogP contribution in [0.5, 0.6) is 0 Å². The first kappa shape index (κ1) is 16.8. The van der Waals surface area contributed by atoms with Gasteiger partial charge in [-0.15, -0.1) is 0 Å². The molecule has 0 aromatic heterocycles. The number of likely N-dealkylation sites (N-methyl/N-ethyl adjacent to an activating group) is 1. The molecule has 2 N–H and O–H groups in total. The minimum absolute atomic E-state index is 0.195. The van der Waals surface area contributed by atoms with Crippen molar-refractivity contribution in [3.8, 4) is 0 Å². The lowest BCUT2D eigenvalue weighted by Gasteiger charge is -2.23. The lowest BCUT2D eigenvalue weighted by Crippen LogP contribution is -2.26. The molecule has 0 aliphatic heterocycles. The topological polar surface area (TPSA) is 35.5 Å². The van der Waals surface area contributed by atoms with Gasteiger partial charge < -0.3 is 15.3 Å². The summed E-state index contributed by atoms with van der Waals surface area (Å²) in [5.41, 5.74) is 2.34. The summed E-state index contributed by atoms with van der Waals surface area (Å²) in [4.78, 5) is 2.17. The molecule has 0 saturated heterocycles. The van der Waals surface area contributed by atoms with Gasteiger partial charge in [0, 0.05) is 30.5 Å². The van der Waals surface area contributed by atoms with Crippen molar-refractivity contribution in [2.75, 3.05) is 29.9 Å². The molecule has 3 heteroatoms. The fourth-order valence-corrected chi connectivity index (χ4v) is 2.30. The predicted octanol–water partition coefficient (Wildman–Crippen LogP) is 3.74. The van der Waals surface area contributed by atoms with E-state index in [0.717, 1.165) is 12.5 Å². The Balaban J connectivity index is 2.53. The van der Waals surface area contributed by atoms with E-state index in [4.69, 9.17) is 5.11 Å². The molecule has 0 amide bonds. The summed E-state index contributed by atoms with van der Waals surface area (Å²) in [7, 11) is 0. The maximum atomic E-state index is 9.05. The van der Waals surface area contributed by atoms with Gasteiger partial charge in [0.2, 0.25) is 0 Å². The molecule has 1 aromatic carbocycles. The molecule has 20 heavy (non-hydrogen) atoms. The van der Waals surface area contributed by atoms with Crippen LogP contribution >= 0.6 is 0 Å². The predicted molar refractivity (Wildman–Crippen MR) is 88.6 cm³/mol. The molecule has 0 spiro atoms. The molecule has 0 radical (unpaired) electrons. The van der Waals surface area contributed by atoms with Crippen molar-refractivity contribution in [3.05, 3.63) is 24.3 Å². The molecular weight excluding hydrogens is 248 g/mol. The maximum absolute atomic E-state index is 9.05. The van der Waals surface area contributed by atoms with Crippen molar-refractivity contribution in [3.63, 3.8) is 0 Å². The summed E-state index contributed by atoms with van der Waals surface area (Å²) in [6.07, 6.45) is 2.46. The second-order valence-corrected chi connectivity index (χ2v) is 5.87. The van der Waals surface area contributed by atoms with Crippen molar-refractivity contribution in [2.45, 2.75) is 46.6 Å². The van der Waals surface area contributed by atoms with Gasteiger partial charge in [-0.3, -0.25) is 0 Å². The van der Waals surface area contributed by atoms with Crippen LogP contribution in [0.1, 0.15) is 40.5 Å². The van der Waals surface area contributed by atoms with Crippen molar-refractivity contribution in [1.29, 1.82) is 0 Å². The van der Waals surface area contributed by atoms with Crippen LogP contribution in [-0.4, -0.2) is 30.8 Å². The monoisotopic (exact) mass is 278 g/mol. The highest BCUT2D eigenvalue weighted by molar-refractivity contribution is 5.55. The van der Waals surface area contributed by atoms with E-state index in [1.807, 2.05) is 0 Å². The van der Waals surface area contributed by atoms with Gasteiger partial charge in [0.15, 0.2) is 0 Å². The third-order valence-corrected chi connectivity index (χ3v) is 3.57. The third kappa shape index (κ3) is 5.83. The van der Waals surface area contributed by atoms with Gasteiger partial charge in [0.1, 0.15) is 0 Å². The number of hydrogen-bond acceptors (Lipinski definition) is 3. The average Bonchev–Trinajstić information content (AvgIpc) is 2.43. The Bertz CT molecular complexity index is 362. The number of hydrogen-bond donors (Lipinski definition) is 2. The van der Waals surface area contributed by atoms with Crippen LogP contribution < -0.4 is 10.2 Å². The molecule has 1 atom stereocenters. The van der Waals surface area contributed by atoms with Crippen LogP contribution in [0.3, 0.4) is 0 Å². The van der Waals surface area contributed by atoms with Gasteiger partial charge in [-0.1, -0.05) is 13.8 Å². The van der Waals surface area contributed by atoms with E-state index in [2.05, 4.69) is 62.2 Å². The Morgan fingerprint density at radius 3 is 2.25 bits per heavy atom. The Morgan fingerprint density at radius 2 is 1.75 bits per heavy atom. The zero-order chi connectivity index (χ0) is 15.0. The summed E-state index contributed by atoms with van der Waals surface area (Å²) in [5.74, 6) is 0.762. The van der Waals surface area contributed by atoms with E-state index in [1.165, 1.54) is 24.2 Å². The molecule has 3 nitrogen and oxygen atoms in total. The Labute approximate surface area is 124 Å². The van der Waals surface area contributed by atoms with E-state index in [-0.39, 0.29) is 6.61 Å². The van der Waals surface area contributed by atoms with Crippen molar-refractivity contribution in [2.24, 2.45) is 5.92 Å². The molecular formula is C17H30N2O. The Hall–Kier alpha value is -1.22. The van der Waals surface area contributed by atoms with Crippen LogP contribution in [-0.2, 0) is 0 Å². The van der Waals surface area contributed by atoms with E-state index < -0.39 is 0 Å². The van der Waals surface area contributed by atoms with E-state index in [0.29, 0.717) is 12.6 Å². The molecule has 114 valence electrons. The highest BCUT2D eigenvalue weighted by atomic mass is 16.3. The van der Waals surface area contributed by atoms with Gasteiger partial charge in [-0.2, -0.15) is 0 Å². The summed E-state index contributed by atoms with van der Waals surface area (Å²) in [6, 6.07) is 9.00. The largest absolute Gasteiger partial charge is 0.395 e. The molecule has 0 bridgehead atoms. The summed E-state index contributed by atoms with van der Waals surface area (Å²) < 4.78 is 0. The van der Waals surface area contributed by atoms with Gasteiger partial charge in [-0.25, -0.2) is 0 Å². The first-order valence-electron chi connectivity index (χ1n) is 7.79. The smallest absolute Gasteiger partial charge is 0.0606 e. The fraction of sp³-hybridized carbons (Fsp3) is 0.647. The number of nitrogens with zero attached hydrogens (tertiary/aromatic N) is 1. The van der Waals surface area contributed by atoms with Gasteiger partial charge in [0.25, 0.3) is 0 Å². The summed E-state index contributed by atoms with van der Waals surface area (Å²) in [6.45, 7) is 10.7. The van der Waals surface area contributed by atoms with E-state index in [1.54, 1.807) is 0 Å². The first-order valence-corrected chi connectivity index (χ1v) is 7.79. The fourth-order valence-electron chi connectivity index (χ4n) is 2.30. The second kappa shape index (κ2) is 8.85. The number of nitrogens with one attached hydrogen (secondary N) is 1. The van der Waals surface area contributed by atoms with Gasteiger partial charge in [-0.05, 0) is 56.9 Å². The molecule has 1 rings (SSSR count). The molecule has 0 saturated carbocycles. The SMILES string of the molecule is CCN(CCO)c1ccc(NC(C)CCC(C)C)cc1. The molecule has 0 fully saturated rings. The number of aliphatic hydroxyl groups excluding tert-OH is 1. The van der Waals surface area contributed by atoms with Crippen molar-refractivity contribution in [1.82, 2.24) is 0 Å². The second-order valence-electron chi connectivity index (χ2n) is 5.87. The summed E-state index contributed by atoms with van der Waals surface area (Å²) >= 11 is 0. The van der Waals surface area contributed by atoms with Crippen molar-refractivity contribution >= 4 is 11.4 Å². The van der Waals surface area contributed by atoms with Gasteiger partial charge in [0.05, 0.1) is 6.61 Å². The van der Waals surface area contributed by atoms with E-state index >= 15 is 0 Å². The standard InChI is InChI=1S/C17H30N2O/c1-5-19(12-13-20)17-10-8-16(9-11-17)18-15(4)7-6-14(2)3/h8-11,14-15,18,20H,5-7,12-13H2,1-4H3. The summed E-state index contributed by atoms with van der Waals surface area (Å²) in [5, 5.41) is 12.6. The van der Waals surface area contributed by atoms with Crippen molar-refractivity contribution < 1.29 is 5.11 Å². The molecule has 0 aliphatic rings. The normalized spacial score (nSPS) is 12.5. The zero-order valence-corrected chi connectivity index (χ0v) is 13.4. The zero-order valence-electron chi connectivity index (χ0n) is 13.4. The Kier molecular flexibility index (Phi) is 7.45. The first-order chi connectivity index (χ1) is 9.56. The van der Waals surface area contributed by atoms with Crippen LogP contribution in [0.25, 0.3) is 0 Å². The average molecular weight is 278 g/mol. The van der Waals surface area contributed by atoms with E-state index in [9.17, 15) is 0 Å². The van der Waals surface area contributed by atoms with Crippen LogP contribution in [0, 0.1) is 5.92 Å². The van der Waals surface area contributed by atoms with Gasteiger partial charge >= 0.3 is 0 Å². The third-order valence-electron chi connectivity index (χ3n) is 3.57. The highest BCUT2D eigenvalue weighted by Crippen LogP contribution is 2.19. The minimum atomic E-state index is 0.195.